The number of aromatic nitrogens is 1. The first kappa shape index (κ1) is 21.4. The van der Waals surface area contributed by atoms with E-state index in [2.05, 4.69) is 10.3 Å². The minimum Gasteiger partial charge on any atom is -0.345 e. The number of nitrogens with zero attached hydrogens (tertiary/aromatic N) is 2. The fraction of sp³-hybridized carbons (Fsp3) is 0.435. The molecule has 3 rings (SSSR count). The molecule has 1 N–H and O–H groups in total. The number of benzene rings is 1. The third kappa shape index (κ3) is 5.82. The molecular formula is C23H29N3O2S. The molecule has 1 unspecified atom stereocenters. The molecule has 5 nitrogen and oxygen atoms in total. The van der Waals surface area contributed by atoms with Gasteiger partial charge in [-0.2, -0.15) is 0 Å². The summed E-state index contributed by atoms with van der Waals surface area (Å²) in [6, 6.07) is 11.5. The van der Waals surface area contributed by atoms with E-state index in [1.807, 2.05) is 55.3 Å². The summed E-state index contributed by atoms with van der Waals surface area (Å²) in [6.45, 7) is 1.95. The van der Waals surface area contributed by atoms with Crippen LogP contribution in [0.3, 0.4) is 0 Å². The Bertz CT molecular complexity index is 822. The number of nitrogens with one attached hydrogen (secondary N) is 1. The monoisotopic (exact) mass is 411 g/mol. The lowest BCUT2D eigenvalue weighted by molar-refractivity contribution is -0.129. The van der Waals surface area contributed by atoms with Gasteiger partial charge in [0.1, 0.15) is 0 Å². The second-order valence-corrected chi connectivity index (χ2v) is 8.57. The van der Waals surface area contributed by atoms with Crippen LogP contribution < -0.4 is 5.32 Å². The molecule has 6 heteroatoms. The molecule has 0 bridgehead atoms. The van der Waals surface area contributed by atoms with Crippen molar-refractivity contribution in [2.24, 2.45) is 0 Å². The molecular weight excluding hydrogens is 382 g/mol. The minimum absolute atomic E-state index is 0.123. The number of amides is 2. The van der Waals surface area contributed by atoms with Crippen LogP contribution in [0.2, 0.25) is 0 Å². The van der Waals surface area contributed by atoms with Crippen molar-refractivity contribution in [1.29, 1.82) is 0 Å². The maximum absolute atomic E-state index is 12.8. The van der Waals surface area contributed by atoms with Crippen molar-refractivity contribution in [2.75, 3.05) is 12.8 Å². The first-order valence-electron chi connectivity index (χ1n) is 10.2. The predicted molar refractivity (Wildman–Crippen MR) is 117 cm³/mol. The average Bonchev–Trinajstić information content (AvgIpc) is 2.78. The van der Waals surface area contributed by atoms with E-state index < -0.39 is 0 Å². The van der Waals surface area contributed by atoms with Crippen LogP contribution in [0.5, 0.6) is 0 Å². The molecule has 1 aromatic heterocycles. The molecule has 1 heterocycles. The lowest BCUT2D eigenvalue weighted by Crippen LogP contribution is -2.39. The quantitative estimate of drug-likeness (QED) is 0.684. The van der Waals surface area contributed by atoms with Crippen LogP contribution in [-0.4, -0.2) is 40.5 Å². The summed E-state index contributed by atoms with van der Waals surface area (Å²) in [5.74, 6) is 0.338. The van der Waals surface area contributed by atoms with E-state index in [4.69, 9.17) is 0 Å². The van der Waals surface area contributed by atoms with Crippen molar-refractivity contribution < 1.29 is 9.59 Å². The van der Waals surface area contributed by atoms with E-state index in [1.165, 1.54) is 31.0 Å². The number of hydrogen-bond acceptors (Lipinski definition) is 4. The van der Waals surface area contributed by atoms with Crippen molar-refractivity contribution in [1.82, 2.24) is 15.2 Å². The van der Waals surface area contributed by atoms with Crippen LogP contribution in [0.4, 0.5) is 0 Å². The molecule has 154 valence electrons. The molecule has 2 aromatic rings. The first-order chi connectivity index (χ1) is 14.1. The van der Waals surface area contributed by atoms with Gasteiger partial charge in [0, 0.05) is 30.4 Å². The third-order valence-corrected chi connectivity index (χ3v) is 6.61. The standard InChI is InChI=1S/C23H29N3O2S/c1-17(18-12-14-24-15-13-18)25-23(28)20-10-6-7-11-21(20)29-16-22(27)26(2)19-8-4-3-5-9-19/h6-7,10-15,17,19H,3-5,8-9,16H2,1-2H3,(H,25,28). The number of hydrogen-bond donors (Lipinski definition) is 1. The highest BCUT2D eigenvalue weighted by Crippen LogP contribution is 2.26. The molecule has 1 aliphatic rings. The molecule has 1 aromatic carbocycles. The summed E-state index contributed by atoms with van der Waals surface area (Å²) in [4.78, 5) is 32.2. The van der Waals surface area contributed by atoms with Gasteiger partial charge in [0.2, 0.25) is 5.91 Å². The Balaban J connectivity index is 1.61. The molecule has 1 fully saturated rings. The van der Waals surface area contributed by atoms with Gasteiger partial charge in [-0.15, -0.1) is 11.8 Å². The second kappa shape index (κ2) is 10.4. The van der Waals surface area contributed by atoms with E-state index in [-0.39, 0.29) is 17.9 Å². The van der Waals surface area contributed by atoms with E-state index in [9.17, 15) is 9.59 Å². The first-order valence-corrected chi connectivity index (χ1v) is 11.2. The zero-order valence-electron chi connectivity index (χ0n) is 17.1. The largest absolute Gasteiger partial charge is 0.345 e. The van der Waals surface area contributed by atoms with Crippen LogP contribution in [0, 0.1) is 0 Å². The number of carbonyl (C=O) groups is 2. The summed E-state index contributed by atoms with van der Waals surface area (Å²) in [6.07, 6.45) is 9.31. The van der Waals surface area contributed by atoms with Gasteiger partial charge in [-0.3, -0.25) is 14.6 Å². The van der Waals surface area contributed by atoms with Crippen LogP contribution in [-0.2, 0) is 4.79 Å². The Morgan fingerprint density at radius 1 is 1.14 bits per heavy atom. The molecule has 29 heavy (non-hydrogen) atoms. The summed E-state index contributed by atoms with van der Waals surface area (Å²) >= 11 is 1.44. The molecule has 0 aliphatic heterocycles. The third-order valence-electron chi connectivity index (χ3n) is 5.55. The van der Waals surface area contributed by atoms with E-state index >= 15 is 0 Å². The van der Waals surface area contributed by atoms with E-state index in [0.717, 1.165) is 23.3 Å². The molecule has 1 aliphatic carbocycles. The number of carbonyl (C=O) groups excluding carboxylic acids is 2. The Kier molecular flexibility index (Phi) is 7.69. The fourth-order valence-corrected chi connectivity index (χ4v) is 4.68. The van der Waals surface area contributed by atoms with E-state index in [1.54, 1.807) is 12.4 Å². The van der Waals surface area contributed by atoms with Gasteiger partial charge < -0.3 is 10.2 Å². The van der Waals surface area contributed by atoms with Gasteiger partial charge in [-0.25, -0.2) is 0 Å². The SMILES string of the molecule is CC(NC(=O)c1ccccc1SCC(=O)N(C)C1CCCCC1)c1ccncc1. The van der Waals surface area contributed by atoms with E-state index in [0.29, 0.717) is 17.4 Å². The number of pyridine rings is 1. The van der Waals surface area contributed by atoms with Crippen LogP contribution in [0.1, 0.15) is 61.0 Å². The number of rotatable bonds is 7. The lowest BCUT2D eigenvalue weighted by Gasteiger charge is -2.31. The Hall–Kier alpha value is -2.34. The predicted octanol–water partition coefficient (Wildman–Crippen LogP) is 4.46. The summed E-state index contributed by atoms with van der Waals surface area (Å²) in [7, 11) is 1.91. The summed E-state index contributed by atoms with van der Waals surface area (Å²) in [5, 5.41) is 3.04. The molecule has 0 saturated heterocycles. The van der Waals surface area contributed by atoms with Crippen LogP contribution in [0.25, 0.3) is 0 Å². The van der Waals surface area contributed by atoms with Crippen LogP contribution in [0.15, 0.2) is 53.7 Å². The minimum atomic E-state index is -0.134. The Morgan fingerprint density at radius 3 is 2.55 bits per heavy atom. The van der Waals surface area contributed by atoms with Gasteiger partial charge >= 0.3 is 0 Å². The molecule has 2 amide bonds. The zero-order valence-corrected chi connectivity index (χ0v) is 18.0. The van der Waals surface area contributed by atoms with Crippen molar-refractivity contribution in [3.63, 3.8) is 0 Å². The topological polar surface area (TPSA) is 62.3 Å². The van der Waals surface area contributed by atoms with Gasteiger partial charge in [-0.05, 0) is 49.6 Å². The lowest BCUT2D eigenvalue weighted by atomic mass is 9.94. The average molecular weight is 412 g/mol. The maximum Gasteiger partial charge on any atom is 0.252 e. The zero-order chi connectivity index (χ0) is 20.6. The van der Waals surface area contributed by atoms with Gasteiger partial charge in [0.25, 0.3) is 5.91 Å². The number of thioether (sulfide) groups is 1. The van der Waals surface area contributed by atoms with Gasteiger partial charge in [0.05, 0.1) is 17.4 Å². The van der Waals surface area contributed by atoms with Crippen molar-refractivity contribution in [3.8, 4) is 0 Å². The smallest absolute Gasteiger partial charge is 0.252 e. The normalized spacial score (nSPS) is 15.5. The highest BCUT2D eigenvalue weighted by atomic mass is 32.2. The molecule has 1 atom stereocenters. The van der Waals surface area contributed by atoms with Gasteiger partial charge in [0.15, 0.2) is 0 Å². The second-order valence-electron chi connectivity index (χ2n) is 7.56. The summed E-state index contributed by atoms with van der Waals surface area (Å²) < 4.78 is 0. The summed E-state index contributed by atoms with van der Waals surface area (Å²) in [5.41, 5.74) is 1.61. The molecule has 0 radical (unpaired) electrons. The Morgan fingerprint density at radius 2 is 1.83 bits per heavy atom. The Labute approximate surface area is 177 Å². The van der Waals surface area contributed by atoms with Crippen LogP contribution >= 0.6 is 11.8 Å². The molecule has 0 spiro atoms. The van der Waals surface area contributed by atoms with Crippen molar-refractivity contribution >= 4 is 23.6 Å². The van der Waals surface area contributed by atoms with Crippen molar-refractivity contribution in [2.45, 2.75) is 56.0 Å². The highest BCUT2D eigenvalue weighted by molar-refractivity contribution is 8.00. The van der Waals surface area contributed by atoms with Gasteiger partial charge in [-0.1, -0.05) is 31.4 Å². The highest BCUT2D eigenvalue weighted by Gasteiger charge is 2.22. The maximum atomic E-state index is 12.8. The van der Waals surface area contributed by atoms with Crippen molar-refractivity contribution in [3.05, 3.63) is 59.9 Å². The fourth-order valence-electron chi connectivity index (χ4n) is 3.70. The molecule has 1 saturated carbocycles.